The molecule has 4 nitrogen and oxygen atoms in total. The minimum Gasteiger partial charge on any atom is -0.324 e. The second kappa shape index (κ2) is 7.51. The zero-order valence-corrected chi connectivity index (χ0v) is 14.8. The maximum absolute atomic E-state index is 12.9. The summed E-state index contributed by atoms with van der Waals surface area (Å²) in [6, 6.07) is 15.7. The third-order valence-electron chi connectivity index (χ3n) is 4.58. The van der Waals surface area contributed by atoms with Crippen LogP contribution in [0.4, 0.5) is 5.69 Å². The number of hydrogen-bond acceptors (Lipinski definition) is 2. The quantitative estimate of drug-likeness (QED) is 0.915. The summed E-state index contributed by atoms with van der Waals surface area (Å²) in [4.78, 5) is 27.0. The summed E-state index contributed by atoms with van der Waals surface area (Å²) in [5.74, 6) is -0.117. The number of amides is 2. The van der Waals surface area contributed by atoms with Gasteiger partial charge in [-0.05, 0) is 25.0 Å². The van der Waals surface area contributed by atoms with E-state index in [1.807, 2.05) is 49.4 Å². The first-order valence-corrected chi connectivity index (χ1v) is 8.85. The van der Waals surface area contributed by atoms with E-state index in [0.29, 0.717) is 6.42 Å². The normalized spacial score (nSPS) is 16.8. The van der Waals surface area contributed by atoms with Crippen LogP contribution < -0.4 is 5.32 Å². The molecule has 1 heterocycles. The van der Waals surface area contributed by atoms with Crippen LogP contribution in [0.1, 0.15) is 48.9 Å². The largest absolute Gasteiger partial charge is 0.324 e. The van der Waals surface area contributed by atoms with Gasteiger partial charge >= 0.3 is 0 Å². The molecule has 130 valence electrons. The predicted molar refractivity (Wildman–Crippen MR) is 99.3 cm³/mol. The van der Waals surface area contributed by atoms with Gasteiger partial charge in [0.05, 0.1) is 6.04 Å². The molecule has 25 heavy (non-hydrogen) atoms. The first-order valence-electron chi connectivity index (χ1n) is 8.85. The molecule has 0 aliphatic carbocycles. The molecule has 0 aromatic heterocycles. The van der Waals surface area contributed by atoms with Gasteiger partial charge in [-0.2, -0.15) is 0 Å². The molecule has 1 aliphatic heterocycles. The van der Waals surface area contributed by atoms with Crippen molar-refractivity contribution < 1.29 is 9.59 Å². The molecule has 2 amide bonds. The molecule has 0 saturated carbocycles. The lowest BCUT2D eigenvalue weighted by Crippen LogP contribution is -2.38. The highest BCUT2D eigenvalue weighted by Crippen LogP contribution is 2.36. The SMILES string of the molecule is CCCCC(=O)N1CC(=O)Nc2ccc(C)cc2[C@H]1c1ccccc1. The number of aryl methyl sites for hydroxylation is 1. The lowest BCUT2D eigenvalue weighted by molar-refractivity contribution is -0.136. The van der Waals surface area contributed by atoms with E-state index in [2.05, 4.69) is 18.3 Å². The lowest BCUT2D eigenvalue weighted by Gasteiger charge is -2.31. The van der Waals surface area contributed by atoms with E-state index < -0.39 is 0 Å². The number of fused-ring (bicyclic) bond motifs is 1. The van der Waals surface area contributed by atoms with E-state index >= 15 is 0 Å². The van der Waals surface area contributed by atoms with Gasteiger partial charge in [0.25, 0.3) is 0 Å². The maximum atomic E-state index is 12.9. The van der Waals surface area contributed by atoms with E-state index in [0.717, 1.165) is 35.2 Å². The Balaban J connectivity index is 2.12. The zero-order valence-electron chi connectivity index (χ0n) is 14.8. The molecule has 2 aromatic carbocycles. The van der Waals surface area contributed by atoms with Crippen molar-refractivity contribution in [2.75, 3.05) is 11.9 Å². The van der Waals surface area contributed by atoms with Crippen molar-refractivity contribution in [2.45, 2.75) is 39.2 Å². The monoisotopic (exact) mass is 336 g/mol. The van der Waals surface area contributed by atoms with Gasteiger partial charge in [-0.15, -0.1) is 0 Å². The summed E-state index contributed by atoms with van der Waals surface area (Å²) in [5.41, 5.74) is 3.89. The fourth-order valence-corrected chi connectivity index (χ4v) is 3.32. The summed E-state index contributed by atoms with van der Waals surface area (Å²) >= 11 is 0. The fraction of sp³-hybridized carbons (Fsp3) is 0.333. The summed E-state index contributed by atoms with van der Waals surface area (Å²) in [6.07, 6.45) is 2.25. The third kappa shape index (κ3) is 3.73. The Morgan fingerprint density at radius 3 is 2.68 bits per heavy atom. The number of carbonyl (C=O) groups excluding carboxylic acids is 2. The highest BCUT2D eigenvalue weighted by Gasteiger charge is 2.32. The lowest BCUT2D eigenvalue weighted by atomic mass is 9.94. The number of carbonyl (C=O) groups is 2. The Morgan fingerprint density at radius 1 is 1.20 bits per heavy atom. The zero-order chi connectivity index (χ0) is 17.8. The van der Waals surface area contributed by atoms with Gasteiger partial charge in [-0.3, -0.25) is 9.59 Å². The molecule has 1 aliphatic rings. The van der Waals surface area contributed by atoms with Crippen molar-refractivity contribution in [1.29, 1.82) is 0 Å². The van der Waals surface area contributed by atoms with Gasteiger partial charge in [0.2, 0.25) is 11.8 Å². The Morgan fingerprint density at radius 2 is 1.96 bits per heavy atom. The predicted octanol–water partition coefficient (Wildman–Crippen LogP) is 4.06. The standard InChI is InChI=1S/C21H24N2O2/c1-3-4-10-20(25)23-14-19(24)22-18-12-11-15(2)13-17(18)21(23)16-8-6-5-7-9-16/h5-9,11-13,21H,3-4,10,14H2,1-2H3,(H,22,24)/t21-/m1/s1. The Kier molecular flexibility index (Phi) is 5.17. The highest BCUT2D eigenvalue weighted by molar-refractivity contribution is 5.97. The topological polar surface area (TPSA) is 49.4 Å². The van der Waals surface area contributed by atoms with Crippen LogP contribution in [0.15, 0.2) is 48.5 Å². The Labute approximate surface area is 148 Å². The second-order valence-electron chi connectivity index (χ2n) is 6.58. The highest BCUT2D eigenvalue weighted by atomic mass is 16.2. The summed E-state index contributed by atoms with van der Waals surface area (Å²) < 4.78 is 0. The molecule has 4 heteroatoms. The number of benzene rings is 2. The van der Waals surface area contributed by atoms with E-state index in [1.54, 1.807) is 4.90 Å². The van der Waals surface area contributed by atoms with Crippen LogP contribution in [0, 0.1) is 6.92 Å². The molecule has 1 N–H and O–H groups in total. The number of unbranched alkanes of at least 4 members (excludes halogenated alkanes) is 1. The molecule has 0 spiro atoms. The molecular weight excluding hydrogens is 312 g/mol. The average Bonchev–Trinajstić information content (AvgIpc) is 2.76. The van der Waals surface area contributed by atoms with Crippen LogP contribution in [0.2, 0.25) is 0 Å². The molecule has 0 unspecified atom stereocenters. The van der Waals surface area contributed by atoms with Crippen LogP contribution >= 0.6 is 0 Å². The number of anilines is 1. The van der Waals surface area contributed by atoms with Gasteiger partial charge in [0, 0.05) is 17.7 Å². The molecule has 0 radical (unpaired) electrons. The van der Waals surface area contributed by atoms with Gasteiger partial charge < -0.3 is 10.2 Å². The molecular formula is C21H24N2O2. The van der Waals surface area contributed by atoms with Crippen LogP contribution in [0.5, 0.6) is 0 Å². The van der Waals surface area contributed by atoms with E-state index in [1.165, 1.54) is 0 Å². The summed E-state index contributed by atoms with van der Waals surface area (Å²) in [7, 11) is 0. The van der Waals surface area contributed by atoms with Crippen LogP contribution in [-0.2, 0) is 9.59 Å². The van der Waals surface area contributed by atoms with Crippen LogP contribution in [0.25, 0.3) is 0 Å². The second-order valence-corrected chi connectivity index (χ2v) is 6.58. The minimum absolute atomic E-state index is 0.0280. The number of rotatable bonds is 4. The van der Waals surface area contributed by atoms with Crippen LogP contribution in [0.3, 0.4) is 0 Å². The van der Waals surface area contributed by atoms with Gasteiger partial charge in [-0.1, -0.05) is 61.4 Å². The molecule has 0 saturated heterocycles. The number of nitrogens with zero attached hydrogens (tertiary/aromatic N) is 1. The van der Waals surface area contributed by atoms with Crippen molar-refractivity contribution in [1.82, 2.24) is 4.90 Å². The smallest absolute Gasteiger partial charge is 0.244 e. The van der Waals surface area contributed by atoms with E-state index in [9.17, 15) is 9.59 Å². The van der Waals surface area contributed by atoms with Crippen molar-refractivity contribution in [2.24, 2.45) is 0 Å². The number of nitrogens with one attached hydrogen (secondary N) is 1. The third-order valence-corrected chi connectivity index (χ3v) is 4.58. The van der Waals surface area contributed by atoms with Crippen molar-refractivity contribution in [3.63, 3.8) is 0 Å². The minimum atomic E-state index is -0.251. The van der Waals surface area contributed by atoms with Crippen molar-refractivity contribution in [3.8, 4) is 0 Å². The first kappa shape index (κ1) is 17.2. The van der Waals surface area contributed by atoms with Crippen molar-refractivity contribution in [3.05, 3.63) is 65.2 Å². The van der Waals surface area contributed by atoms with Gasteiger partial charge in [0.15, 0.2) is 0 Å². The first-order chi connectivity index (χ1) is 12.1. The average molecular weight is 336 g/mol. The molecule has 0 bridgehead atoms. The van der Waals surface area contributed by atoms with E-state index in [-0.39, 0.29) is 24.4 Å². The summed E-state index contributed by atoms with van der Waals surface area (Å²) in [6.45, 7) is 4.17. The van der Waals surface area contributed by atoms with E-state index in [4.69, 9.17) is 0 Å². The van der Waals surface area contributed by atoms with Gasteiger partial charge in [-0.25, -0.2) is 0 Å². The summed E-state index contributed by atoms with van der Waals surface area (Å²) in [5, 5.41) is 2.96. The van der Waals surface area contributed by atoms with Crippen molar-refractivity contribution >= 4 is 17.5 Å². The molecule has 1 atom stereocenters. The Bertz CT molecular complexity index is 771. The molecule has 0 fully saturated rings. The maximum Gasteiger partial charge on any atom is 0.244 e. The molecule has 3 rings (SSSR count). The fourth-order valence-electron chi connectivity index (χ4n) is 3.32. The number of hydrogen-bond donors (Lipinski definition) is 1. The van der Waals surface area contributed by atoms with Crippen LogP contribution in [-0.4, -0.2) is 23.3 Å². The Hall–Kier alpha value is -2.62. The molecule has 2 aromatic rings. The van der Waals surface area contributed by atoms with Gasteiger partial charge in [0.1, 0.15) is 6.54 Å².